The molecule has 0 aliphatic rings. The van der Waals surface area contributed by atoms with Gasteiger partial charge in [0.2, 0.25) is 0 Å². The fourth-order valence-corrected chi connectivity index (χ4v) is 2.53. The van der Waals surface area contributed by atoms with E-state index >= 15 is 0 Å². The van der Waals surface area contributed by atoms with Crippen molar-refractivity contribution in [2.45, 2.75) is 19.3 Å². The number of esters is 2. The maximum atomic E-state index is 12.1. The topological polar surface area (TPSA) is 93.2 Å². The number of methoxy groups -OCH3 is 2. The summed E-state index contributed by atoms with van der Waals surface area (Å²) in [7, 11) is 1.69. The SMILES string of the molecule is COC(=O)CCCN(C)S(=O)(=O)N(C)CCC(=O)OC. The number of carbonyl (C=O) groups excluding carboxylic acids is 2. The van der Waals surface area contributed by atoms with Crippen LogP contribution in [0.15, 0.2) is 0 Å². The Balaban J connectivity index is 4.32. The average Bonchev–Trinajstić information content (AvgIpc) is 2.43. The Kier molecular flexibility index (Phi) is 8.35. The first kappa shape index (κ1) is 18.8. The largest absolute Gasteiger partial charge is 0.469 e. The summed E-state index contributed by atoms with van der Waals surface area (Å²) in [5.41, 5.74) is 0. The highest BCUT2D eigenvalue weighted by Crippen LogP contribution is 2.07. The van der Waals surface area contributed by atoms with Crippen LogP contribution in [-0.2, 0) is 29.3 Å². The van der Waals surface area contributed by atoms with Crippen LogP contribution in [0.25, 0.3) is 0 Å². The molecule has 0 bridgehead atoms. The van der Waals surface area contributed by atoms with Crippen molar-refractivity contribution in [3.8, 4) is 0 Å². The van der Waals surface area contributed by atoms with Gasteiger partial charge < -0.3 is 9.47 Å². The molecule has 0 radical (unpaired) electrons. The lowest BCUT2D eigenvalue weighted by Gasteiger charge is -2.23. The summed E-state index contributed by atoms with van der Waals surface area (Å²) < 4.78 is 35.2. The Bertz CT molecular complexity index is 423. The molecule has 9 heteroatoms. The molecule has 0 saturated carbocycles. The zero-order chi connectivity index (χ0) is 15.8. The van der Waals surface area contributed by atoms with Gasteiger partial charge in [0.1, 0.15) is 0 Å². The molecule has 0 aromatic heterocycles. The monoisotopic (exact) mass is 310 g/mol. The predicted molar refractivity (Wildman–Crippen MR) is 72.1 cm³/mol. The zero-order valence-electron chi connectivity index (χ0n) is 12.3. The lowest BCUT2D eigenvalue weighted by molar-refractivity contribution is -0.141. The fraction of sp³-hybridized carbons (Fsp3) is 0.818. The molecule has 20 heavy (non-hydrogen) atoms. The Hall–Kier alpha value is -1.19. The van der Waals surface area contributed by atoms with E-state index in [2.05, 4.69) is 9.47 Å². The highest BCUT2D eigenvalue weighted by molar-refractivity contribution is 7.86. The number of ether oxygens (including phenoxy) is 2. The molecule has 8 nitrogen and oxygen atoms in total. The predicted octanol–water partition coefficient (Wildman–Crippen LogP) is -0.389. The number of carbonyl (C=O) groups is 2. The third kappa shape index (κ3) is 6.31. The second kappa shape index (κ2) is 8.88. The molecule has 0 rings (SSSR count). The van der Waals surface area contributed by atoms with Gasteiger partial charge in [-0.05, 0) is 6.42 Å². The molecule has 0 aliphatic heterocycles. The van der Waals surface area contributed by atoms with Gasteiger partial charge in [-0.1, -0.05) is 0 Å². The van der Waals surface area contributed by atoms with E-state index in [0.717, 1.165) is 8.61 Å². The van der Waals surface area contributed by atoms with E-state index in [4.69, 9.17) is 0 Å². The summed E-state index contributed by atoms with van der Waals surface area (Å²) in [4.78, 5) is 21.9. The van der Waals surface area contributed by atoms with Crippen LogP contribution in [0.1, 0.15) is 19.3 Å². The highest BCUT2D eigenvalue weighted by atomic mass is 32.2. The molecular formula is C11H22N2O6S. The van der Waals surface area contributed by atoms with Gasteiger partial charge in [-0.15, -0.1) is 0 Å². The summed E-state index contributed by atoms with van der Waals surface area (Å²) in [6.07, 6.45) is 0.512. The molecule has 0 fully saturated rings. The molecule has 0 saturated heterocycles. The quantitative estimate of drug-likeness (QED) is 0.539. The van der Waals surface area contributed by atoms with Gasteiger partial charge in [0.05, 0.1) is 20.6 Å². The zero-order valence-corrected chi connectivity index (χ0v) is 13.1. The van der Waals surface area contributed by atoms with Crippen molar-refractivity contribution in [1.29, 1.82) is 0 Å². The molecule has 0 heterocycles. The Labute approximate surface area is 119 Å². The van der Waals surface area contributed by atoms with Gasteiger partial charge in [0.25, 0.3) is 10.2 Å². The van der Waals surface area contributed by atoms with Crippen LogP contribution in [0.3, 0.4) is 0 Å². The van der Waals surface area contributed by atoms with Gasteiger partial charge in [0, 0.05) is 33.6 Å². The molecule has 0 unspecified atom stereocenters. The van der Waals surface area contributed by atoms with Crippen molar-refractivity contribution in [2.75, 3.05) is 41.4 Å². The second-order valence-electron chi connectivity index (χ2n) is 4.16. The second-order valence-corrected chi connectivity index (χ2v) is 6.30. The first-order chi connectivity index (χ1) is 9.25. The Morgan fingerprint density at radius 2 is 1.35 bits per heavy atom. The number of hydrogen-bond acceptors (Lipinski definition) is 6. The first-order valence-electron chi connectivity index (χ1n) is 6.07. The number of rotatable bonds is 9. The maximum Gasteiger partial charge on any atom is 0.306 e. The third-order valence-corrected chi connectivity index (χ3v) is 4.67. The summed E-state index contributed by atoms with van der Waals surface area (Å²) in [5, 5.41) is 0. The molecule has 0 aliphatic carbocycles. The smallest absolute Gasteiger partial charge is 0.306 e. The van der Waals surface area contributed by atoms with E-state index in [1.54, 1.807) is 0 Å². The normalized spacial score (nSPS) is 11.7. The number of nitrogens with zero attached hydrogens (tertiary/aromatic N) is 2. The molecule has 0 amide bonds. The Morgan fingerprint density at radius 1 is 0.900 bits per heavy atom. The summed E-state index contributed by atoms with van der Waals surface area (Å²) in [5.74, 6) is -0.852. The van der Waals surface area contributed by atoms with E-state index in [0.29, 0.717) is 6.42 Å². The van der Waals surface area contributed by atoms with Crippen LogP contribution >= 0.6 is 0 Å². The first-order valence-corrected chi connectivity index (χ1v) is 7.46. The summed E-state index contributed by atoms with van der Waals surface area (Å²) in [6, 6.07) is 0. The minimum atomic E-state index is -3.64. The van der Waals surface area contributed by atoms with E-state index < -0.39 is 16.2 Å². The minimum absolute atomic E-state index is 0.0117. The van der Waals surface area contributed by atoms with Crippen LogP contribution in [0.4, 0.5) is 0 Å². The lowest BCUT2D eigenvalue weighted by atomic mass is 10.3. The van der Waals surface area contributed by atoms with Gasteiger partial charge in [-0.25, -0.2) is 0 Å². The minimum Gasteiger partial charge on any atom is -0.469 e. The van der Waals surface area contributed by atoms with Crippen molar-refractivity contribution in [1.82, 2.24) is 8.61 Å². The molecular weight excluding hydrogens is 288 g/mol. The molecule has 118 valence electrons. The molecule has 0 aromatic rings. The van der Waals surface area contributed by atoms with Crippen molar-refractivity contribution in [3.05, 3.63) is 0 Å². The van der Waals surface area contributed by atoms with Crippen molar-refractivity contribution in [2.24, 2.45) is 0 Å². The van der Waals surface area contributed by atoms with Crippen molar-refractivity contribution >= 4 is 22.1 Å². The number of hydrogen-bond donors (Lipinski definition) is 0. The Morgan fingerprint density at radius 3 is 1.85 bits per heavy atom. The molecule has 0 spiro atoms. The van der Waals surface area contributed by atoms with E-state index in [1.807, 2.05) is 0 Å². The molecule has 0 aromatic carbocycles. The van der Waals surface area contributed by atoms with Crippen LogP contribution in [-0.4, -0.2) is 70.4 Å². The molecule has 0 atom stereocenters. The van der Waals surface area contributed by atoms with Gasteiger partial charge in [-0.3, -0.25) is 9.59 Å². The molecule has 0 N–H and O–H groups in total. The van der Waals surface area contributed by atoms with Crippen molar-refractivity contribution in [3.63, 3.8) is 0 Å². The van der Waals surface area contributed by atoms with E-state index in [1.165, 1.54) is 28.3 Å². The van der Waals surface area contributed by atoms with Gasteiger partial charge in [0.15, 0.2) is 0 Å². The fourth-order valence-electron chi connectivity index (χ4n) is 1.37. The standard InChI is InChI=1S/C11H22N2O6S/c1-12(8-5-6-10(14)18-3)20(16,17)13(2)9-7-11(15)19-4/h5-9H2,1-4H3. The van der Waals surface area contributed by atoms with Crippen LogP contribution in [0.2, 0.25) is 0 Å². The van der Waals surface area contributed by atoms with E-state index in [9.17, 15) is 18.0 Å². The van der Waals surface area contributed by atoms with Gasteiger partial charge >= 0.3 is 11.9 Å². The van der Waals surface area contributed by atoms with Crippen LogP contribution in [0, 0.1) is 0 Å². The van der Waals surface area contributed by atoms with Crippen LogP contribution in [0.5, 0.6) is 0 Å². The van der Waals surface area contributed by atoms with Gasteiger partial charge in [-0.2, -0.15) is 17.0 Å². The van der Waals surface area contributed by atoms with E-state index in [-0.39, 0.29) is 31.9 Å². The third-order valence-electron chi connectivity index (χ3n) is 2.73. The van der Waals surface area contributed by atoms with Crippen molar-refractivity contribution < 1.29 is 27.5 Å². The average molecular weight is 310 g/mol. The highest BCUT2D eigenvalue weighted by Gasteiger charge is 2.23. The van der Waals surface area contributed by atoms with Crippen LogP contribution < -0.4 is 0 Å². The summed E-state index contributed by atoms with van der Waals surface area (Å²) >= 11 is 0. The summed E-state index contributed by atoms with van der Waals surface area (Å²) in [6.45, 7) is 0.232. The maximum absolute atomic E-state index is 12.1. The lowest BCUT2D eigenvalue weighted by Crippen LogP contribution is -2.41.